The molecule has 1 atom stereocenters. The van der Waals surface area contributed by atoms with Crippen molar-refractivity contribution < 1.29 is 4.74 Å². The Labute approximate surface area is 107 Å². The zero-order chi connectivity index (χ0) is 12.4. The van der Waals surface area contributed by atoms with Crippen molar-refractivity contribution in [1.82, 2.24) is 15.1 Å². The fraction of sp³-hybridized carbons (Fsp3) is 0.667. The average Bonchev–Trinajstić information content (AvgIpc) is 2.77. The van der Waals surface area contributed by atoms with Crippen LogP contribution in [0.2, 0.25) is 5.02 Å². The van der Waals surface area contributed by atoms with Gasteiger partial charge in [0.2, 0.25) is 0 Å². The third kappa shape index (κ3) is 2.53. The van der Waals surface area contributed by atoms with Gasteiger partial charge in [-0.3, -0.25) is 4.90 Å². The molecular weight excluding hydrogens is 238 g/mol. The van der Waals surface area contributed by atoms with E-state index in [4.69, 9.17) is 16.3 Å². The van der Waals surface area contributed by atoms with E-state index in [0.29, 0.717) is 23.0 Å². The molecule has 0 aromatic carbocycles. The topological polar surface area (TPSA) is 38.3 Å². The lowest BCUT2D eigenvalue weighted by Gasteiger charge is -2.27. The number of methoxy groups -OCH3 is 1. The molecule has 2 heterocycles. The molecule has 1 aromatic rings. The Morgan fingerprint density at radius 3 is 2.82 bits per heavy atom. The highest BCUT2D eigenvalue weighted by Crippen LogP contribution is 2.34. The van der Waals surface area contributed by atoms with E-state index in [-0.39, 0.29) is 0 Å². The lowest BCUT2D eigenvalue weighted by molar-refractivity contribution is 0.201. The van der Waals surface area contributed by atoms with Crippen molar-refractivity contribution in [2.45, 2.75) is 38.8 Å². The molecule has 1 aliphatic rings. The van der Waals surface area contributed by atoms with Crippen molar-refractivity contribution in [2.75, 3.05) is 13.7 Å². The van der Waals surface area contributed by atoms with Gasteiger partial charge in [-0.25, -0.2) is 0 Å². The maximum absolute atomic E-state index is 6.09. The summed E-state index contributed by atoms with van der Waals surface area (Å²) < 4.78 is 5.02. The third-order valence-electron chi connectivity index (χ3n) is 3.23. The number of hydrogen-bond donors (Lipinski definition) is 0. The van der Waals surface area contributed by atoms with Crippen LogP contribution >= 0.6 is 11.6 Å². The highest BCUT2D eigenvalue weighted by molar-refractivity contribution is 6.31. The van der Waals surface area contributed by atoms with E-state index >= 15 is 0 Å². The Kier molecular flexibility index (Phi) is 3.84. The molecule has 1 aromatic heterocycles. The molecule has 17 heavy (non-hydrogen) atoms. The minimum atomic E-state index is 0.339. The molecule has 1 aliphatic heterocycles. The zero-order valence-electron chi connectivity index (χ0n) is 10.5. The molecule has 1 unspecified atom stereocenters. The van der Waals surface area contributed by atoms with Crippen LogP contribution in [-0.4, -0.2) is 34.8 Å². The van der Waals surface area contributed by atoms with Crippen molar-refractivity contribution in [3.8, 4) is 5.88 Å². The molecule has 94 valence electrons. The van der Waals surface area contributed by atoms with Crippen LogP contribution in [0, 0.1) is 0 Å². The second kappa shape index (κ2) is 5.19. The van der Waals surface area contributed by atoms with Crippen LogP contribution in [0.4, 0.5) is 0 Å². The molecule has 0 saturated carbocycles. The van der Waals surface area contributed by atoms with Gasteiger partial charge < -0.3 is 4.74 Å². The van der Waals surface area contributed by atoms with Crippen LogP contribution in [0.5, 0.6) is 5.88 Å². The number of hydrogen-bond acceptors (Lipinski definition) is 4. The van der Waals surface area contributed by atoms with Crippen LogP contribution in [0.1, 0.15) is 38.4 Å². The largest absolute Gasteiger partial charge is 0.479 e. The maximum Gasteiger partial charge on any atom is 0.252 e. The molecule has 1 saturated heterocycles. The van der Waals surface area contributed by atoms with Crippen LogP contribution in [0.15, 0.2) is 6.07 Å². The number of ether oxygens (including phenoxy) is 1. The first-order chi connectivity index (χ1) is 8.13. The molecule has 4 nitrogen and oxygen atoms in total. The summed E-state index contributed by atoms with van der Waals surface area (Å²) in [5.74, 6) is 0.393. The first kappa shape index (κ1) is 12.6. The van der Waals surface area contributed by atoms with Gasteiger partial charge in [0.05, 0.1) is 18.8 Å². The standard InChI is InChI=1S/C12H18ClN3O/c1-8(2)16-6-4-5-11(16)10-7-9(13)12(17-3)15-14-10/h7-8,11H,4-6H2,1-3H3. The highest BCUT2D eigenvalue weighted by atomic mass is 35.5. The molecule has 0 radical (unpaired) electrons. The quantitative estimate of drug-likeness (QED) is 0.832. The van der Waals surface area contributed by atoms with Gasteiger partial charge >= 0.3 is 0 Å². The van der Waals surface area contributed by atoms with Gasteiger partial charge in [0.1, 0.15) is 5.02 Å². The van der Waals surface area contributed by atoms with E-state index < -0.39 is 0 Å². The molecule has 0 spiro atoms. The Balaban J connectivity index is 2.24. The predicted molar refractivity (Wildman–Crippen MR) is 67.4 cm³/mol. The van der Waals surface area contributed by atoms with Gasteiger partial charge in [0, 0.05) is 6.04 Å². The molecule has 2 rings (SSSR count). The summed E-state index contributed by atoms with van der Waals surface area (Å²) in [6.07, 6.45) is 2.32. The predicted octanol–water partition coefficient (Wildman–Crippen LogP) is 2.68. The van der Waals surface area contributed by atoms with Crippen molar-refractivity contribution in [3.63, 3.8) is 0 Å². The van der Waals surface area contributed by atoms with E-state index in [1.165, 1.54) is 6.42 Å². The van der Waals surface area contributed by atoms with E-state index in [1.54, 1.807) is 7.11 Å². The Morgan fingerprint density at radius 1 is 1.47 bits per heavy atom. The lowest BCUT2D eigenvalue weighted by atomic mass is 10.1. The number of rotatable bonds is 3. The maximum atomic E-state index is 6.09. The monoisotopic (exact) mass is 255 g/mol. The van der Waals surface area contributed by atoms with E-state index in [9.17, 15) is 0 Å². The minimum absolute atomic E-state index is 0.339. The van der Waals surface area contributed by atoms with Crippen LogP contribution < -0.4 is 4.74 Å². The van der Waals surface area contributed by atoms with Gasteiger partial charge in [-0.15, -0.1) is 5.10 Å². The van der Waals surface area contributed by atoms with Gasteiger partial charge in [-0.1, -0.05) is 11.6 Å². The Hall–Kier alpha value is -0.870. The average molecular weight is 256 g/mol. The normalized spacial score (nSPS) is 21.1. The summed E-state index contributed by atoms with van der Waals surface area (Å²) >= 11 is 6.09. The Bertz CT molecular complexity index is 397. The van der Waals surface area contributed by atoms with E-state index in [2.05, 4.69) is 28.9 Å². The number of likely N-dealkylation sites (tertiary alicyclic amines) is 1. The fourth-order valence-electron chi connectivity index (χ4n) is 2.40. The fourth-order valence-corrected chi connectivity index (χ4v) is 2.62. The molecule has 1 fully saturated rings. The summed E-state index contributed by atoms with van der Waals surface area (Å²) in [6, 6.07) is 2.73. The van der Waals surface area contributed by atoms with Gasteiger partial charge in [-0.05, 0) is 39.3 Å². The van der Waals surface area contributed by atoms with E-state index in [0.717, 1.165) is 18.7 Å². The van der Waals surface area contributed by atoms with E-state index in [1.807, 2.05) is 6.07 Å². The van der Waals surface area contributed by atoms with Crippen molar-refractivity contribution in [2.24, 2.45) is 0 Å². The van der Waals surface area contributed by atoms with Gasteiger partial charge in [0.25, 0.3) is 5.88 Å². The first-order valence-corrected chi connectivity index (χ1v) is 6.34. The smallest absolute Gasteiger partial charge is 0.252 e. The van der Waals surface area contributed by atoms with Crippen molar-refractivity contribution in [1.29, 1.82) is 0 Å². The Morgan fingerprint density at radius 2 is 2.24 bits per heavy atom. The van der Waals surface area contributed by atoms with Gasteiger partial charge in [-0.2, -0.15) is 5.10 Å². The summed E-state index contributed by atoms with van der Waals surface area (Å²) in [5.41, 5.74) is 0.946. The van der Waals surface area contributed by atoms with Crippen molar-refractivity contribution >= 4 is 11.6 Å². The summed E-state index contributed by atoms with van der Waals surface area (Å²) in [7, 11) is 1.55. The minimum Gasteiger partial charge on any atom is -0.479 e. The molecule has 0 bridgehead atoms. The highest BCUT2D eigenvalue weighted by Gasteiger charge is 2.29. The van der Waals surface area contributed by atoms with Gasteiger partial charge in [0.15, 0.2) is 0 Å². The second-order valence-corrected chi connectivity index (χ2v) is 5.02. The molecule has 0 amide bonds. The van der Waals surface area contributed by atoms with Crippen molar-refractivity contribution in [3.05, 3.63) is 16.8 Å². The second-order valence-electron chi connectivity index (χ2n) is 4.62. The number of aromatic nitrogens is 2. The number of nitrogens with zero attached hydrogens (tertiary/aromatic N) is 3. The molecular formula is C12H18ClN3O. The zero-order valence-corrected chi connectivity index (χ0v) is 11.2. The third-order valence-corrected chi connectivity index (χ3v) is 3.50. The number of halogens is 1. The first-order valence-electron chi connectivity index (χ1n) is 5.96. The SMILES string of the molecule is COc1nnc(C2CCCN2C(C)C)cc1Cl. The summed E-state index contributed by atoms with van der Waals surface area (Å²) in [4.78, 5) is 2.44. The molecule has 5 heteroatoms. The van der Waals surface area contributed by atoms with Crippen LogP contribution in [0.25, 0.3) is 0 Å². The van der Waals surface area contributed by atoms with Crippen LogP contribution in [0.3, 0.4) is 0 Å². The molecule has 0 aliphatic carbocycles. The lowest BCUT2D eigenvalue weighted by Crippen LogP contribution is -2.30. The summed E-state index contributed by atoms with van der Waals surface area (Å²) in [6.45, 7) is 5.53. The van der Waals surface area contributed by atoms with Crippen LogP contribution in [-0.2, 0) is 0 Å². The summed E-state index contributed by atoms with van der Waals surface area (Å²) in [5, 5.41) is 8.76. The molecule has 0 N–H and O–H groups in total.